The molecular weight excluding hydrogens is 234 g/mol. The molecule has 1 aliphatic heterocycles. The molecule has 0 saturated carbocycles. The number of nitrogens with zero attached hydrogens (tertiary/aromatic N) is 1. The molecule has 0 bridgehead atoms. The third-order valence-corrected chi connectivity index (χ3v) is 5.62. The average Bonchev–Trinajstić information content (AvgIpc) is 2.71. The number of methoxy groups -OCH3 is 1. The van der Waals surface area contributed by atoms with Crippen LogP contribution < -0.4 is 0 Å². The van der Waals surface area contributed by atoms with Crippen LogP contribution in [0.3, 0.4) is 0 Å². The number of hydrogen-bond acceptors (Lipinski definition) is 4. The zero-order valence-electron chi connectivity index (χ0n) is 9.31. The van der Waals surface area contributed by atoms with E-state index in [2.05, 4.69) is 0 Å². The minimum Gasteiger partial charge on any atom is -0.383 e. The summed E-state index contributed by atoms with van der Waals surface area (Å²) in [6, 6.07) is 0.176. The Morgan fingerprint density at radius 1 is 1.53 bits per heavy atom. The molecule has 1 atom stereocenters. The lowest BCUT2D eigenvalue weighted by Crippen LogP contribution is -2.43. The predicted molar refractivity (Wildman–Crippen MR) is 63.8 cm³/mol. The van der Waals surface area contributed by atoms with Crippen molar-refractivity contribution in [2.75, 3.05) is 37.5 Å². The molecule has 15 heavy (non-hydrogen) atoms. The second-order valence-corrected chi connectivity index (χ2v) is 6.88. The van der Waals surface area contributed by atoms with Crippen molar-refractivity contribution in [1.29, 1.82) is 0 Å². The minimum atomic E-state index is -3.08. The molecule has 1 fully saturated rings. The van der Waals surface area contributed by atoms with E-state index in [-0.39, 0.29) is 11.8 Å². The van der Waals surface area contributed by atoms with Gasteiger partial charge in [-0.2, -0.15) is 16.1 Å². The zero-order chi connectivity index (χ0) is 11.3. The van der Waals surface area contributed by atoms with Crippen molar-refractivity contribution < 1.29 is 13.2 Å². The molecule has 1 rings (SSSR count). The average molecular weight is 253 g/mol. The molecule has 1 heterocycles. The van der Waals surface area contributed by atoms with Crippen molar-refractivity contribution in [3.63, 3.8) is 0 Å². The van der Waals surface area contributed by atoms with Gasteiger partial charge < -0.3 is 4.74 Å². The van der Waals surface area contributed by atoms with Gasteiger partial charge in [0.05, 0.1) is 12.4 Å². The molecule has 0 aromatic rings. The van der Waals surface area contributed by atoms with E-state index in [0.717, 1.165) is 17.9 Å². The molecule has 0 N–H and O–H groups in total. The maximum absolute atomic E-state index is 11.9. The standard InChI is InChI=1S/C9H19NO3S2/c1-3-15(11,12)10(5-6-13-2)9-4-7-14-8-9/h9H,3-8H2,1-2H3. The highest BCUT2D eigenvalue weighted by atomic mass is 32.2. The Morgan fingerprint density at radius 2 is 2.27 bits per heavy atom. The van der Waals surface area contributed by atoms with E-state index in [1.807, 2.05) is 11.8 Å². The quantitative estimate of drug-likeness (QED) is 0.702. The summed E-state index contributed by atoms with van der Waals surface area (Å²) in [5, 5.41) is 0. The summed E-state index contributed by atoms with van der Waals surface area (Å²) in [5.41, 5.74) is 0. The molecular formula is C9H19NO3S2. The van der Waals surface area contributed by atoms with E-state index in [1.165, 1.54) is 0 Å². The molecule has 0 aromatic carbocycles. The van der Waals surface area contributed by atoms with Crippen molar-refractivity contribution in [3.05, 3.63) is 0 Å². The fraction of sp³-hybridized carbons (Fsp3) is 1.00. The van der Waals surface area contributed by atoms with E-state index < -0.39 is 10.0 Å². The SMILES string of the molecule is CCS(=O)(=O)N(CCOC)C1CCSC1. The molecule has 1 saturated heterocycles. The van der Waals surface area contributed by atoms with Crippen LogP contribution in [0.1, 0.15) is 13.3 Å². The maximum Gasteiger partial charge on any atom is 0.214 e. The van der Waals surface area contributed by atoms with Crippen molar-refractivity contribution in [2.45, 2.75) is 19.4 Å². The highest BCUT2D eigenvalue weighted by molar-refractivity contribution is 7.99. The number of ether oxygens (including phenoxy) is 1. The van der Waals surface area contributed by atoms with Crippen LogP contribution in [0.2, 0.25) is 0 Å². The van der Waals surface area contributed by atoms with Crippen LogP contribution in [0.5, 0.6) is 0 Å². The summed E-state index contributed by atoms with van der Waals surface area (Å²) in [5.74, 6) is 2.16. The molecule has 0 radical (unpaired) electrons. The van der Waals surface area contributed by atoms with E-state index in [9.17, 15) is 8.42 Å². The molecule has 0 aromatic heterocycles. The maximum atomic E-state index is 11.9. The van der Waals surface area contributed by atoms with Crippen molar-refractivity contribution in [2.24, 2.45) is 0 Å². The summed E-state index contributed by atoms with van der Waals surface area (Å²) in [7, 11) is -1.48. The van der Waals surface area contributed by atoms with Crippen molar-refractivity contribution >= 4 is 21.8 Å². The van der Waals surface area contributed by atoms with Gasteiger partial charge in [-0.15, -0.1) is 0 Å². The van der Waals surface area contributed by atoms with E-state index >= 15 is 0 Å². The largest absolute Gasteiger partial charge is 0.383 e. The molecule has 4 nitrogen and oxygen atoms in total. The van der Waals surface area contributed by atoms with Gasteiger partial charge in [-0.25, -0.2) is 8.42 Å². The number of sulfonamides is 1. The second kappa shape index (κ2) is 6.08. The second-order valence-electron chi connectivity index (χ2n) is 3.52. The van der Waals surface area contributed by atoms with Gasteiger partial charge in [0.15, 0.2) is 0 Å². The van der Waals surface area contributed by atoms with Crippen LogP contribution >= 0.6 is 11.8 Å². The monoisotopic (exact) mass is 253 g/mol. The Labute approximate surface area is 96.4 Å². The number of hydrogen-bond donors (Lipinski definition) is 0. The molecule has 90 valence electrons. The molecule has 0 spiro atoms. The lowest BCUT2D eigenvalue weighted by Gasteiger charge is -2.26. The third-order valence-electron chi connectivity index (χ3n) is 2.55. The van der Waals surface area contributed by atoms with Crippen molar-refractivity contribution in [1.82, 2.24) is 4.31 Å². The molecule has 6 heteroatoms. The molecule has 1 aliphatic rings. The molecule has 1 unspecified atom stereocenters. The third kappa shape index (κ3) is 3.62. The Balaban J connectivity index is 2.68. The van der Waals surface area contributed by atoms with Crippen molar-refractivity contribution in [3.8, 4) is 0 Å². The van der Waals surface area contributed by atoms with E-state index in [0.29, 0.717) is 13.2 Å². The van der Waals surface area contributed by atoms with E-state index in [1.54, 1.807) is 18.3 Å². The smallest absolute Gasteiger partial charge is 0.214 e. The topological polar surface area (TPSA) is 46.6 Å². The first-order chi connectivity index (χ1) is 7.11. The van der Waals surface area contributed by atoms with Crippen LogP contribution in [0.15, 0.2) is 0 Å². The predicted octanol–water partition coefficient (Wildman–Crippen LogP) is 0.790. The van der Waals surface area contributed by atoms with Crippen LogP contribution in [0.4, 0.5) is 0 Å². The molecule has 0 amide bonds. The molecule has 0 aliphatic carbocycles. The highest BCUT2D eigenvalue weighted by Crippen LogP contribution is 2.24. The van der Waals surface area contributed by atoms with Gasteiger partial charge in [0, 0.05) is 25.4 Å². The van der Waals surface area contributed by atoms with Crippen LogP contribution in [-0.4, -0.2) is 56.3 Å². The minimum absolute atomic E-state index is 0.176. The van der Waals surface area contributed by atoms with Gasteiger partial charge in [-0.1, -0.05) is 0 Å². The fourth-order valence-corrected chi connectivity index (χ4v) is 4.28. The summed E-state index contributed by atoms with van der Waals surface area (Å²) in [6.45, 7) is 2.65. The number of thioether (sulfide) groups is 1. The van der Waals surface area contributed by atoms with E-state index in [4.69, 9.17) is 4.74 Å². The van der Waals surface area contributed by atoms with Gasteiger partial charge in [0.2, 0.25) is 10.0 Å². The summed E-state index contributed by atoms with van der Waals surface area (Å²) >= 11 is 1.82. The summed E-state index contributed by atoms with van der Waals surface area (Å²) in [4.78, 5) is 0. The fourth-order valence-electron chi connectivity index (χ4n) is 1.65. The van der Waals surface area contributed by atoms with Crippen LogP contribution in [-0.2, 0) is 14.8 Å². The zero-order valence-corrected chi connectivity index (χ0v) is 10.9. The first kappa shape index (κ1) is 13.3. The highest BCUT2D eigenvalue weighted by Gasteiger charge is 2.30. The Kier molecular flexibility index (Phi) is 5.38. The Hall–Kier alpha value is 0.220. The Bertz CT molecular complexity index is 273. The summed E-state index contributed by atoms with van der Waals surface area (Å²) < 4.78 is 30.3. The van der Waals surface area contributed by atoms with Gasteiger partial charge in [0.1, 0.15) is 0 Å². The van der Waals surface area contributed by atoms with Gasteiger partial charge in [-0.3, -0.25) is 0 Å². The first-order valence-electron chi connectivity index (χ1n) is 5.18. The van der Waals surface area contributed by atoms with Crippen LogP contribution in [0, 0.1) is 0 Å². The van der Waals surface area contributed by atoms with Crippen LogP contribution in [0.25, 0.3) is 0 Å². The number of rotatable bonds is 6. The normalized spacial score (nSPS) is 22.5. The van der Waals surface area contributed by atoms with Gasteiger partial charge >= 0.3 is 0 Å². The lowest BCUT2D eigenvalue weighted by molar-refractivity contribution is 0.169. The van der Waals surface area contributed by atoms with Gasteiger partial charge in [-0.05, 0) is 19.1 Å². The first-order valence-corrected chi connectivity index (χ1v) is 7.94. The summed E-state index contributed by atoms with van der Waals surface area (Å²) in [6.07, 6.45) is 0.966. The lowest BCUT2D eigenvalue weighted by atomic mass is 10.3. The Morgan fingerprint density at radius 3 is 2.73 bits per heavy atom. The van der Waals surface area contributed by atoms with Gasteiger partial charge in [0.25, 0.3) is 0 Å².